The van der Waals surface area contributed by atoms with E-state index < -0.39 is 15.9 Å². The maximum atomic E-state index is 12.1. The number of carbonyl (C=O) groups is 1. The van der Waals surface area contributed by atoms with Crippen molar-refractivity contribution in [1.29, 1.82) is 0 Å². The summed E-state index contributed by atoms with van der Waals surface area (Å²) in [6, 6.07) is 14.2. The largest absolute Gasteiger partial charge is 0.497 e. The molecular formula is C15H15N3O4S2. The molecule has 0 radical (unpaired) electrons. The van der Waals surface area contributed by atoms with E-state index in [-0.39, 0.29) is 10.0 Å². The van der Waals surface area contributed by atoms with Gasteiger partial charge < -0.3 is 4.74 Å². The van der Waals surface area contributed by atoms with E-state index in [1.807, 2.05) is 0 Å². The molecule has 0 saturated heterocycles. The molecule has 0 unspecified atom stereocenters. The fourth-order valence-electron chi connectivity index (χ4n) is 1.72. The molecular weight excluding hydrogens is 350 g/mol. The lowest BCUT2D eigenvalue weighted by molar-refractivity contribution is 0.0976. The van der Waals surface area contributed by atoms with Gasteiger partial charge in [0.25, 0.3) is 15.9 Å². The molecule has 0 saturated carbocycles. The minimum Gasteiger partial charge on any atom is -0.497 e. The van der Waals surface area contributed by atoms with Gasteiger partial charge >= 0.3 is 0 Å². The molecule has 2 aromatic carbocycles. The fraction of sp³-hybridized carbons (Fsp3) is 0.0667. The molecule has 3 N–H and O–H groups in total. The Bertz CT molecular complexity index is 822. The molecule has 9 heteroatoms. The Balaban J connectivity index is 1.93. The third-order valence-electron chi connectivity index (χ3n) is 2.93. The monoisotopic (exact) mass is 365 g/mol. The first-order valence-electron chi connectivity index (χ1n) is 6.74. The number of thiocarbonyl (C=S) groups is 1. The summed E-state index contributed by atoms with van der Waals surface area (Å²) in [7, 11) is -2.35. The van der Waals surface area contributed by atoms with Crippen molar-refractivity contribution in [2.75, 3.05) is 7.11 Å². The van der Waals surface area contributed by atoms with Crippen LogP contribution in [0.15, 0.2) is 59.5 Å². The highest BCUT2D eigenvalue weighted by Crippen LogP contribution is 2.14. The number of benzene rings is 2. The summed E-state index contributed by atoms with van der Waals surface area (Å²) in [5, 5.41) is 2.21. The number of hydrogen-bond donors (Lipinski definition) is 3. The number of amides is 1. The van der Waals surface area contributed by atoms with Gasteiger partial charge in [0.1, 0.15) is 5.75 Å². The summed E-state index contributed by atoms with van der Waals surface area (Å²) >= 11 is 4.90. The molecule has 7 nitrogen and oxygen atoms in total. The van der Waals surface area contributed by atoms with Crippen LogP contribution >= 0.6 is 12.2 Å². The zero-order valence-electron chi connectivity index (χ0n) is 12.6. The summed E-state index contributed by atoms with van der Waals surface area (Å²) in [6.45, 7) is 0. The number of hydrogen-bond acceptors (Lipinski definition) is 5. The van der Waals surface area contributed by atoms with Crippen LogP contribution in [-0.2, 0) is 10.0 Å². The number of rotatable bonds is 5. The molecule has 2 aromatic rings. The topological polar surface area (TPSA) is 96.5 Å². The minimum atomic E-state index is -3.84. The van der Waals surface area contributed by atoms with E-state index in [9.17, 15) is 13.2 Å². The molecule has 0 aliphatic carbocycles. The number of nitrogens with one attached hydrogen (secondary N) is 3. The highest BCUT2D eigenvalue weighted by Gasteiger charge is 2.15. The van der Waals surface area contributed by atoms with Crippen LogP contribution in [0.1, 0.15) is 10.4 Å². The Kier molecular flexibility index (Phi) is 5.85. The highest BCUT2D eigenvalue weighted by atomic mass is 32.2. The van der Waals surface area contributed by atoms with E-state index in [1.54, 1.807) is 30.3 Å². The second-order valence-electron chi connectivity index (χ2n) is 4.56. The van der Waals surface area contributed by atoms with Gasteiger partial charge in [0, 0.05) is 5.56 Å². The lowest BCUT2D eigenvalue weighted by atomic mass is 10.2. The molecule has 24 heavy (non-hydrogen) atoms. The second-order valence-corrected chi connectivity index (χ2v) is 6.65. The molecule has 2 rings (SSSR count). The number of carbonyl (C=O) groups excluding carboxylic acids is 1. The lowest BCUT2D eigenvalue weighted by Crippen LogP contribution is -2.48. The maximum absolute atomic E-state index is 12.1. The molecule has 0 heterocycles. The molecule has 1 amide bonds. The van der Waals surface area contributed by atoms with Gasteiger partial charge in [-0.25, -0.2) is 8.42 Å². The van der Waals surface area contributed by atoms with Gasteiger partial charge in [0.2, 0.25) is 0 Å². The lowest BCUT2D eigenvalue weighted by Gasteiger charge is -2.11. The standard InChI is InChI=1S/C15H15N3O4S2/c1-22-12-7-9-13(10-8-12)24(20,21)18-17-15(23)16-14(19)11-5-3-2-4-6-11/h2-10,18H,1H3,(H2,16,17,19,23). The highest BCUT2D eigenvalue weighted by molar-refractivity contribution is 7.89. The van der Waals surface area contributed by atoms with Crippen molar-refractivity contribution in [3.05, 3.63) is 60.2 Å². The Hall–Kier alpha value is -2.49. The van der Waals surface area contributed by atoms with E-state index in [0.29, 0.717) is 11.3 Å². The van der Waals surface area contributed by atoms with E-state index >= 15 is 0 Å². The minimum absolute atomic E-state index is 0.0213. The van der Waals surface area contributed by atoms with Gasteiger partial charge in [-0.15, -0.1) is 4.83 Å². The van der Waals surface area contributed by atoms with Crippen LogP contribution in [0.4, 0.5) is 0 Å². The summed E-state index contributed by atoms with van der Waals surface area (Å²) in [5.41, 5.74) is 2.68. The Labute approximate surface area is 145 Å². The normalized spacial score (nSPS) is 10.7. The average molecular weight is 365 g/mol. The summed E-state index contributed by atoms with van der Waals surface area (Å²) < 4.78 is 29.2. The Morgan fingerprint density at radius 1 is 1.04 bits per heavy atom. The quantitative estimate of drug-likeness (QED) is 0.544. The van der Waals surface area contributed by atoms with Crippen molar-refractivity contribution in [3.8, 4) is 5.75 Å². The van der Waals surface area contributed by atoms with Gasteiger partial charge in [-0.3, -0.25) is 15.5 Å². The smallest absolute Gasteiger partial charge is 0.257 e. The molecule has 0 spiro atoms. The maximum Gasteiger partial charge on any atom is 0.257 e. The molecule has 0 bridgehead atoms. The van der Waals surface area contributed by atoms with Crippen molar-refractivity contribution >= 4 is 33.3 Å². The van der Waals surface area contributed by atoms with Gasteiger partial charge in [-0.1, -0.05) is 18.2 Å². The van der Waals surface area contributed by atoms with Crippen molar-refractivity contribution in [2.24, 2.45) is 0 Å². The van der Waals surface area contributed by atoms with Crippen LogP contribution in [0.5, 0.6) is 5.75 Å². The van der Waals surface area contributed by atoms with Crippen molar-refractivity contribution in [2.45, 2.75) is 4.90 Å². The van der Waals surface area contributed by atoms with Crippen molar-refractivity contribution in [3.63, 3.8) is 0 Å². The third-order valence-corrected chi connectivity index (χ3v) is 4.40. The van der Waals surface area contributed by atoms with Crippen LogP contribution in [0.3, 0.4) is 0 Å². The molecule has 0 aliphatic rings. The first kappa shape index (κ1) is 17.9. The number of hydrazine groups is 1. The zero-order chi connectivity index (χ0) is 17.6. The zero-order valence-corrected chi connectivity index (χ0v) is 14.3. The summed E-state index contributed by atoms with van der Waals surface area (Å²) in [5.74, 6) is 0.0873. The van der Waals surface area contributed by atoms with E-state index in [4.69, 9.17) is 17.0 Å². The molecule has 0 fully saturated rings. The first-order chi connectivity index (χ1) is 11.4. The fourth-order valence-corrected chi connectivity index (χ4v) is 2.78. The van der Waals surface area contributed by atoms with E-state index in [2.05, 4.69) is 15.6 Å². The van der Waals surface area contributed by atoms with Crippen molar-refractivity contribution < 1.29 is 17.9 Å². The predicted molar refractivity (Wildman–Crippen MR) is 93.0 cm³/mol. The Morgan fingerprint density at radius 3 is 2.25 bits per heavy atom. The van der Waals surface area contributed by atoms with E-state index in [0.717, 1.165) is 0 Å². The van der Waals surface area contributed by atoms with Gasteiger partial charge in [-0.2, -0.15) is 0 Å². The molecule has 0 aliphatic heterocycles. The van der Waals surface area contributed by atoms with Crippen LogP contribution in [-0.4, -0.2) is 26.5 Å². The number of sulfonamides is 1. The Morgan fingerprint density at radius 2 is 1.67 bits per heavy atom. The second kappa shape index (κ2) is 7.86. The summed E-state index contributed by atoms with van der Waals surface area (Å²) in [6.07, 6.45) is 0. The summed E-state index contributed by atoms with van der Waals surface area (Å²) in [4.78, 5) is 14.0. The number of methoxy groups -OCH3 is 1. The number of ether oxygens (including phenoxy) is 1. The van der Waals surface area contributed by atoms with E-state index in [1.165, 1.54) is 31.4 Å². The van der Waals surface area contributed by atoms with Crippen LogP contribution in [0.2, 0.25) is 0 Å². The predicted octanol–water partition coefficient (Wildman–Crippen LogP) is 1.19. The molecule has 0 aromatic heterocycles. The van der Waals surface area contributed by atoms with Crippen molar-refractivity contribution in [1.82, 2.24) is 15.6 Å². The molecule has 126 valence electrons. The van der Waals surface area contributed by atoms with Crippen LogP contribution in [0, 0.1) is 0 Å². The van der Waals surface area contributed by atoms with Gasteiger partial charge in [-0.05, 0) is 48.6 Å². The van der Waals surface area contributed by atoms with Gasteiger partial charge in [0.05, 0.1) is 12.0 Å². The average Bonchev–Trinajstić information content (AvgIpc) is 2.61. The first-order valence-corrected chi connectivity index (χ1v) is 8.64. The van der Waals surface area contributed by atoms with Gasteiger partial charge in [0.15, 0.2) is 5.11 Å². The van der Waals surface area contributed by atoms with Crippen LogP contribution < -0.4 is 20.3 Å². The SMILES string of the molecule is COc1ccc(S(=O)(=O)NNC(=S)NC(=O)c2ccccc2)cc1. The molecule has 0 atom stereocenters. The van der Waals surface area contributed by atoms with Crippen LogP contribution in [0.25, 0.3) is 0 Å². The third kappa shape index (κ3) is 4.75.